The molecule has 2 heterocycles. The van der Waals surface area contributed by atoms with Crippen molar-refractivity contribution in [1.82, 2.24) is 4.90 Å². The Morgan fingerprint density at radius 2 is 1.65 bits per heavy atom. The standard InChI is InChI=1S/C21H25N3O2/c25-20-7-5-19(6-8-20)23-13-11-22(12-14-23)16-21(26)24-10-9-17-3-1-2-4-18(17)15-24/h1-8,25H,9-16H2/p+1. The lowest BCUT2D eigenvalue weighted by Gasteiger charge is -2.35. The minimum Gasteiger partial charge on any atom is -0.508 e. The molecule has 5 nitrogen and oxygen atoms in total. The lowest BCUT2D eigenvalue weighted by atomic mass is 10.00. The molecular weight excluding hydrogens is 326 g/mol. The van der Waals surface area contributed by atoms with E-state index in [1.54, 1.807) is 12.1 Å². The van der Waals surface area contributed by atoms with E-state index in [1.807, 2.05) is 17.0 Å². The van der Waals surface area contributed by atoms with Gasteiger partial charge < -0.3 is 19.8 Å². The van der Waals surface area contributed by atoms with Crippen LogP contribution in [0.2, 0.25) is 0 Å². The van der Waals surface area contributed by atoms with E-state index in [-0.39, 0.29) is 5.91 Å². The normalized spacial score (nSPS) is 17.8. The van der Waals surface area contributed by atoms with Crippen LogP contribution in [0.4, 0.5) is 5.69 Å². The molecule has 2 N–H and O–H groups in total. The lowest BCUT2D eigenvalue weighted by molar-refractivity contribution is -0.892. The number of carbonyl (C=O) groups excluding carboxylic acids is 1. The molecule has 1 saturated heterocycles. The second-order valence-electron chi connectivity index (χ2n) is 7.26. The van der Waals surface area contributed by atoms with Crippen molar-refractivity contribution in [2.45, 2.75) is 13.0 Å². The van der Waals surface area contributed by atoms with Crippen molar-refractivity contribution in [3.8, 4) is 5.75 Å². The minimum absolute atomic E-state index is 0.271. The number of hydrogen-bond donors (Lipinski definition) is 2. The minimum atomic E-state index is 0.271. The van der Waals surface area contributed by atoms with Gasteiger partial charge in [-0.15, -0.1) is 0 Å². The van der Waals surface area contributed by atoms with E-state index < -0.39 is 0 Å². The zero-order chi connectivity index (χ0) is 17.9. The molecule has 0 atom stereocenters. The molecule has 0 saturated carbocycles. The number of quaternary nitrogens is 1. The first-order chi connectivity index (χ1) is 12.7. The fourth-order valence-electron chi connectivity index (χ4n) is 3.96. The summed E-state index contributed by atoms with van der Waals surface area (Å²) in [5.41, 5.74) is 3.81. The highest BCUT2D eigenvalue weighted by Gasteiger charge is 2.26. The molecule has 2 aromatic carbocycles. The van der Waals surface area contributed by atoms with Crippen LogP contribution in [0.25, 0.3) is 0 Å². The van der Waals surface area contributed by atoms with Gasteiger partial charge in [-0.25, -0.2) is 0 Å². The molecule has 0 unspecified atom stereocenters. The molecule has 4 rings (SSSR count). The van der Waals surface area contributed by atoms with Crippen LogP contribution in [0, 0.1) is 0 Å². The van der Waals surface area contributed by atoms with E-state index in [0.29, 0.717) is 12.3 Å². The number of fused-ring (bicyclic) bond motifs is 1. The topological polar surface area (TPSA) is 48.2 Å². The van der Waals surface area contributed by atoms with E-state index in [4.69, 9.17) is 0 Å². The summed E-state index contributed by atoms with van der Waals surface area (Å²) < 4.78 is 0. The van der Waals surface area contributed by atoms with E-state index >= 15 is 0 Å². The number of piperazine rings is 1. The van der Waals surface area contributed by atoms with Crippen LogP contribution in [0.3, 0.4) is 0 Å². The number of nitrogens with zero attached hydrogens (tertiary/aromatic N) is 2. The first-order valence-electron chi connectivity index (χ1n) is 9.41. The monoisotopic (exact) mass is 352 g/mol. The average Bonchev–Trinajstić information content (AvgIpc) is 2.69. The van der Waals surface area contributed by atoms with Crippen molar-refractivity contribution in [3.05, 3.63) is 59.7 Å². The second-order valence-corrected chi connectivity index (χ2v) is 7.26. The number of rotatable bonds is 3. The van der Waals surface area contributed by atoms with Gasteiger partial charge in [0.25, 0.3) is 5.91 Å². The van der Waals surface area contributed by atoms with E-state index in [1.165, 1.54) is 16.0 Å². The van der Waals surface area contributed by atoms with Crippen LogP contribution in [0.5, 0.6) is 5.75 Å². The Hall–Kier alpha value is -2.53. The molecule has 1 fully saturated rings. The maximum atomic E-state index is 12.7. The number of phenols is 1. The molecule has 0 radical (unpaired) electrons. The van der Waals surface area contributed by atoms with Crippen LogP contribution in [0.15, 0.2) is 48.5 Å². The number of aromatic hydroxyl groups is 1. The van der Waals surface area contributed by atoms with Gasteiger partial charge in [0.15, 0.2) is 6.54 Å². The van der Waals surface area contributed by atoms with Gasteiger partial charge in [0, 0.05) is 18.8 Å². The highest BCUT2D eigenvalue weighted by molar-refractivity contribution is 5.77. The summed E-state index contributed by atoms with van der Waals surface area (Å²) >= 11 is 0. The summed E-state index contributed by atoms with van der Waals surface area (Å²) in [4.78, 5) is 18.4. The summed E-state index contributed by atoms with van der Waals surface area (Å²) in [6.07, 6.45) is 0.964. The van der Waals surface area contributed by atoms with Gasteiger partial charge in [-0.2, -0.15) is 0 Å². The van der Waals surface area contributed by atoms with Crippen LogP contribution in [-0.4, -0.2) is 55.2 Å². The fourth-order valence-corrected chi connectivity index (χ4v) is 3.96. The van der Waals surface area contributed by atoms with Crippen molar-refractivity contribution in [1.29, 1.82) is 0 Å². The SMILES string of the molecule is O=C(C[NH+]1CCN(c2ccc(O)cc2)CC1)N1CCc2ccccc2C1. The Labute approximate surface area is 154 Å². The van der Waals surface area contributed by atoms with E-state index in [0.717, 1.165) is 51.4 Å². The average molecular weight is 352 g/mol. The zero-order valence-corrected chi connectivity index (χ0v) is 15.0. The zero-order valence-electron chi connectivity index (χ0n) is 15.0. The van der Waals surface area contributed by atoms with Crippen molar-refractivity contribution in [3.63, 3.8) is 0 Å². The van der Waals surface area contributed by atoms with Gasteiger partial charge in [-0.05, 0) is 41.8 Å². The molecule has 5 heteroatoms. The second kappa shape index (κ2) is 7.38. The van der Waals surface area contributed by atoms with Crippen molar-refractivity contribution in [2.24, 2.45) is 0 Å². The smallest absolute Gasteiger partial charge is 0.278 e. The van der Waals surface area contributed by atoms with Crippen LogP contribution < -0.4 is 9.80 Å². The third kappa shape index (κ3) is 3.68. The first kappa shape index (κ1) is 16.9. The van der Waals surface area contributed by atoms with E-state index in [2.05, 4.69) is 29.2 Å². The summed E-state index contributed by atoms with van der Waals surface area (Å²) in [6.45, 7) is 6.00. The largest absolute Gasteiger partial charge is 0.508 e. The number of carbonyl (C=O) groups is 1. The van der Waals surface area contributed by atoms with Crippen molar-refractivity contribution >= 4 is 11.6 Å². The van der Waals surface area contributed by atoms with Crippen molar-refractivity contribution < 1.29 is 14.8 Å². The summed E-state index contributed by atoms with van der Waals surface area (Å²) in [5, 5.41) is 9.42. The Morgan fingerprint density at radius 3 is 2.38 bits per heavy atom. The molecule has 0 bridgehead atoms. The number of nitrogens with one attached hydrogen (secondary N) is 1. The third-order valence-electron chi connectivity index (χ3n) is 5.57. The van der Waals surface area contributed by atoms with Crippen LogP contribution >= 0.6 is 0 Å². The highest BCUT2D eigenvalue weighted by Crippen LogP contribution is 2.19. The molecule has 2 aliphatic heterocycles. The molecule has 2 aromatic rings. The maximum absolute atomic E-state index is 12.7. The van der Waals surface area contributed by atoms with Crippen LogP contribution in [0.1, 0.15) is 11.1 Å². The molecule has 0 spiro atoms. The molecule has 0 aromatic heterocycles. The highest BCUT2D eigenvalue weighted by atomic mass is 16.3. The molecule has 26 heavy (non-hydrogen) atoms. The summed E-state index contributed by atoms with van der Waals surface area (Å²) in [6, 6.07) is 15.8. The van der Waals surface area contributed by atoms with Gasteiger partial charge in [0.1, 0.15) is 5.75 Å². The summed E-state index contributed by atoms with van der Waals surface area (Å²) in [5.74, 6) is 0.569. The maximum Gasteiger partial charge on any atom is 0.278 e. The van der Waals surface area contributed by atoms with Gasteiger partial charge >= 0.3 is 0 Å². The predicted octanol–water partition coefficient (Wildman–Crippen LogP) is 0.682. The predicted molar refractivity (Wildman–Crippen MR) is 101 cm³/mol. The Balaban J connectivity index is 1.29. The Bertz CT molecular complexity index is 767. The number of anilines is 1. The number of hydrogen-bond acceptors (Lipinski definition) is 3. The van der Waals surface area contributed by atoms with Gasteiger partial charge in [0.05, 0.1) is 26.2 Å². The Morgan fingerprint density at radius 1 is 0.962 bits per heavy atom. The number of amides is 1. The van der Waals surface area contributed by atoms with Crippen molar-refractivity contribution in [2.75, 3.05) is 44.2 Å². The molecule has 136 valence electrons. The quantitative estimate of drug-likeness (QED) is 0.854. The fraction of sp³-hybridized carbons (Fsp3) is 0.381. The molecule has 2 aliphatic rings. The van der Waals surface area contributed by atoms with Gasteiger partial charge in [-0.3, -0.25) is 4.79 Å². The molecule has 0 aliphatic carbocycles. The van der Waals surface area contributed by atoms with E-state index in [9.17, 15) is 9.90 Å². The van der Waals surface area contributed by atoms with Gasteiger partial charge in [0.2, 0.25) is 0 Å². The molecular formula is C21H26N3O2+. The van der Waals surface area contributed by atoms with Crippen LogP contribution in [-0.2, 0) is 17.8 Å². The first-order valence-corrected chi connectivity index (χ1v) is 9.41. The molecule has 1 amide bonds. The summed E-state index contributed by atoms with van der Waals surface area (Å²) in [7, 11) is 0. The lowest BCUT2D eigenvalue weighted by Crippen LogP contribution is -3.15. The Kier molecular flexibility index (Phi) is 4.80. The third-order valence-corrected chi connectivity index (χ3v) is 5.57. The van der Waals surface area contributed by atoms with Gasteiger partial charge in [-0.1, -0.05) is 24.3 Å². The number of phenolic OH excluding ortho intramolecular Hbond substituents is 1. The number of benzene rings is 2.